The van der Waals surface area contributed by atoms with E-state index >= 15 is 0 Å². The number of nitrogens with one attached hydrogen (secondary N) is 1. The highest BCUT2D eigenvalue weighted by Crippen LogP contribution is 1.78. The van der Waals surface area contributed by atoms with E-state index in [1.54, 1.807) is 0 Å². The molecule has 0 spiro atoms. The first-order valence-corrected chi connectivity index (χ1v) is 3.54. The second-order valence-corrected chi connectivity index (χ2v) is 3.18. The fourth-order valence-electron chi connectivity index (χ4n) is 0.0918. The summed E-state index contributed by atoms with van der Waals surface area (Å²) in [5, 5.41) is 0.701. The van der Waals surface area contributed by atoms with Crippen LogP contribution in [0.2, 0.25) is 0 Å². The summed E-state index contributed by atoms with van der Waals surface area (Å²) in [5.74, 6) is 1.27. The summed E-state index contributed by atoms with van der Waals surface area (Å²) >= 11 is 0. The molecule has 0 aliphatic carbocycles. The Balaban J connectivity index is 4.44. The molecule has 1 N–H and O–H groups in total. The van der Waals surface area contributed by atoms with Crippen molar-refractivity contribution >= 4 is 15.7 Å². The molecular weight excluding hydrogens is 114 g/mol. The molecule has 0 radical (unpaired) electrons. The van der Waals surface area contributed by atoms with Gasteiger partial charge in [0.05, 0.1) is 15.1 Å². The zero-order chi connectivity index (χ0) is 5.91. The highest BCUT2D eigenvalue weighted by atomic mass is 32.2. The first-order chi connectivity index (χ1) is 3.06. The maximum absolute atomic E-state index is 10.1. The third-order valence-corrected chi connectivity index (χ3v) is 0.819. The summed E-state index contributed by atoms with van der Waals surface area (Å²) in [6.45, 7) is 0. The predicted molar refractivity (Wildman–Crippen MR) is 27.0 cm³/mol. The molecule has 0 aliphatic heterocycles. The van der Waals surface area contributed by atoms with E-state index in [0.717, 1.165) is 6.26 Å². The zero-order valence-corrected chi connectivity index (χ0v) is 4.62. The summed E-state index contributed by atoms with van der Waals surface area (Å²) in [5.41, 5.74) is 0. The maximum Gasteiger partial charge on any atom is 0.134 e. The van der Waals surface area contributed by atoms with Crippen molar-refractivity contribution in [2.75, 3.05) is 6.26 Å². The first-order valence-electron chi connectivity index (χ1n) is 1.51. The van der Waals surface area contributed by atoms with Gasteiger partial charge in [-0.15, -0.1) is 0 Å². The molecule has 0 aromatic heterocycles. The lowest BCUT2D eigenvalue weighted by atomic mass is 11.2. The summed E-state index contributed by atoms with van der Waals surface area (Å²) in [6.07, 6.45) is 1.15. The van der Waals surface area contributed by atoms with Gasteiger partial charge in [0.15, 0.2) is 0 Å². The minimum absolute atomic E-state index is 0.701. The lowest BCUT2D eigenvalue weighted by molar-refractivity contribution is 0.569. The van der Waals surface area contributed by atoms with Crippen molar-refractivity contribution in [1.82, 2.24) is 0 Å². The van der Waals surface area contributed by atoms with Gasteiger partial charge in [-0.05, 0) is 0 Å². The summed E-state index contributed by atoms with van der Waals surface area (Å²) in [4.78, 5) is 9.34. The van der Waals surface area contributed by atoms with Crippen molar-refractivity contribution in [2.45, 2.75) is 0 Å². The van der Waals surface area contributed by atoms with Crippen LogP contribution < -0.4 is 0 Å². The monoisotopic (exact) mass is 119 g/mol. The minimum atomic E-state index is -2.72. The van der Waals surface area contributed by atoms with Crippen LogP contribution in [0.25, 0.3) is 0 Å². The largest absolute Gasteiger partial charge is 0.249 e. The first kappa shape index (κ1) is 6.40. The van der Waals surface area contributed by atoms with Crippen molar-refractivity contribution in [3.63, 3.8) is 0 Å². The van der Waals surface area contributed by atoms with Crippen LogP contribution in [0.4, 0.5) is 0 Å². The number of hydrogen-bond acceptors (Lipinski definition) is 3. The van der Waals surface area contributed by atoms with Gasteiger partial charge in [0.1, 0.15) is 5.94 Å². The zero-order valence-electron chi connectivity index (χ0n) is 3.80. The van der Waals surface area contributed by atoms with E-state index in [-0.39, 0.29) is 0 Å². The predicted octanol–water partition coefficient (Wildman–Crippen LogP) is 0.00827. The Kier molecular flexibility index (Phi) is 1.75. The van der Waals surface area contributed by atoms with Crippen LogP contribution >= 0.6 is 0 Å². The summed E-state index contributed by atoms with van der Waals surface area (Å²) in [6, 6.07) is 0. The smallest absolute Gasteiger partial charge is 0.134 e. The van der Waals surface area contributed by atoms with Crippen molar-refractivity contribution in [1.29, 1.82) is 4.78 Å². The molecule has 7 heavy (non-hydrogen) atoms. The van der Waals surface area contributed by atoms with Crippen molar-refractivity contribution in [2.24, 2.45) is 0 Å². The Labute approximate surface area is 42.0 Å². The van der Waals surface area contributed by atoms with Gasteiger partial charge in [-0.3, -0.25) is 0 Å². The number of rotatable bonds is 1. The van der Waals surface area contributed by atoms with Crippen LogP contribution in [0.5, 0.6) is 0 Å². The molecule has 0 heterocycles. The van der Waals surface area contributed by atoms with Gasteiger partial charge in [-0.2, -0.15) is 0 Å². The fraction of sp³-hybridized carbons (Fsp3) is 0.333. The normalized spacial score (nSPS) is 16.7. The van der Waals surface area contributed by atoms with E-state index in [1.165, 1.54) is 5.94 Å². The van der Waals surface area contributed by atoms with Crippen LogP contribution in [0.15, 0.2) is 5.41 Å². The van der Waals surface area contributed by atoms with Gasteiger partial charge in [-0.25, -0.2) is 13.8 Å². The topological polar surface area (TPSA) is 58.0 Å². The molecule has 0 aliphatic rings. The highest BCUT2D eigenvalue weighted by Gasteiger charge is 1.83. The fourth-order valence-corrected chi connectivity index (χ4v) is 0.275. The third kappa shape index (κ3) is 5.40. The molecular formula is C3H5NO2S. The minimum Gasteiger partial charge on any atom is -0.249 e. The SMILES string of the molecule is CS(=N)(=O)C=C=O. The summed E-state index contributed by atoms with van der Waals surface area (Å²) in [7, 11) is -2.72. The standard InChI is InChI=1S/C3H5NO2S/c1-7(4,6)3-2-5/h3-4H,1H3. The molecule has 0 fully saturated rings. The van der Waals surface area contributed by atoms with E-state index in [9.17, 15) is 9.00 Å². The molecule has 0 bridgehead atoms. The molecule has 40 valence electrons. The van der Waals surface area contributed by atoms with Gasteiger partial charge in [-0.1, -0.05) is 0 Å². The second-order valence-electron chi connectivity index (χ2n) is 1.14. The molecule has 1 unspecified atom stereocenters. The maximum atomic E-state index is 10.1. The molecule has 0 aromatic carbocycles. The molecule has 3 nitrogen and oxygen atoms in total. The van der Waals surface area contributed by atoms with Gasteiger partial charge < -0.3 is 0 Å². The van der Waals surface area contributed by atoms with Crippen LogP contribution in [0, 0.1) is 4.78 Å². The van der Waals surface area contributed by atoms with E-state index < -0.39 is 9.73 Å². The number of carbonyl (C=O) groups excluding carboxylic acids is 1. The van der Waals surface area contributed by atoms with Crippen LogP contribution in [0.3, 0.4) is 0 Å². The molecule has 0 saturated carbocycles. The molecule has 0 amide bonds. The lowest BCUT2D eigenvalue weighted by Gasteiger charge is -1.78. The average Bonchev–Trinajstić information content (AvgIpc) is 1.30. The molecule has 4 heteroatoms. The molecule has 1 atom stereocenters. The van der Waals surface area contributed by atoms with E-state index in [0.29, 0.717) is 5.41 Å². The Morgan fingerprint density at radius 3 is 2.29 bits per heavy atom. The Bertz CT molecular complexity index is 185. The van der Waals surface area contributed by atoms with Crippen molar-refractivity contribution < 1.29 is 9.00 Å². The van der Waals surface area contributed by atoms with Crippen LogP contribution in [0.1, 0.15) is 0 Å². The lowest BCUT2D eigenvalue weighted by Crippen LogP contribution is -1.83. The summed E-state index contributed by atoms with van der Waals surface area (Å²) < 4.78 is 16.7. The quantitative estimate of drug-likeness (QED) is 0.494. The van der Waals surface area contributed by atoms with Crippen LogP contribution in [-0.2, 0) is 14.5 Å². The van der Waals surface area contributed by atoms with E-state index in [1.807, 2.05) is 0 Å². The van der Waals surface area contributed by atoms with Gasteiger partial charge in [0.2, 0.25) is 0 Å². The van der Waals surface area contributed by atoms with Crippen molar-refractivity contribution in [3.8, 4) is 0 Å². The highest BCUT2D eigenvalue weighted by molar-refractivity contribution is 7.94. The Morgan fingerprint density at radius 2 is 2.29 bits per heavy atom. The van der Waals surface area contributed by atoms with Gasteiger partial charge >= 0.3 is 0 Å². The second kappa shape index (κ2) is 1.91. The molecule has 0 rings (SSSR count). The van der Waals surface area contributed by atoms with Crippen molar-refractivity contribution in [3.05, 3.63) is 5.41 Å². The van der Waals surface area contributed by atoms with E-state index in [2.05, 4.69) is 0 Å². The third-order valence-electron chi connectivity index (χ3n) is 0.273. The molecule has 0 aromatic rings. The van der Waals surface area contributed by atoms with Gasteiger partial charge in [0, 0.05) is 6.26 Å². The Morgan fingerprint density at radius 1 is 1.86 bits per heavy atom. The number of hydrogen-bond donors (Lipinski definition) is 1. The van der Waals surface area contributed by atoms with E-state index in [4.69, 9.17) is 4.78 Å². The van der Waals surface area contributed by atoms with Crippen LogP contribution in [-0.4, -0.2) is 16.4 Å². The molecule has 0 saturated heterocycles. The Hall–Kier alpha value is -0.600. The average molecular weight is 119 g/mol. The van der Waals surface area contributed by atoms with Gasteiger partial charge in [0.25, 0.3) is 0 Å².